The van der Waals surface area contributed by atoms with Crippen LogP contribution in [0.5, 0.6) is 23.0 Å². The minimum absolute atomic E-state index is 0. The zero-order valence-electron chi connectivity index (χ0n) is 12.4. The van der Waals surface area contributed by atoms with Crippen molar-refractivity contribution in [3.05, 3.63) is 12.1 Å². The van der Waals surface area contributed by atoms with Gasteiger partial charge in [0.05, 0.1) is 20.8 Å². The molecule has 102 valence electrons. The summed E-state index contributed by atoms with van der Waals surface area (Å²) in [4.78, 5) is 8.91. The Labute approximate surface area is 135 Å². The van der Waals surface area contributed by atoms with Crippen LogP contribution >= 0.6 is 0 Å². The zero-order valence-corrected chi connectivity index (χ0v) is 13.4. The Bertz CT molecular complexity index is 394. The van der Waals surface area contributed by atoms with E-state index in [0.29, 0.717) is 18.1 Å². The van der Waals surface area contributed by atoms with Gasteiger partial charge in [0.1, 0.15) is 0 Å². The van der Waals surface area contributed by atoms with Gasteiger partial charge < -0.3 is 30.6 Å². The molecule has 19 heavy (non-hydrogen) atoms. The molecule has 0 aliphatic heterocycles. The minimum Gasteiger partial charge on any atom is -1.00 e. The van der Waals surface area contributed by atoms with Crippen molar-refractivity contribution in [3.8, 4) is 23.0 Å². The second-order valence-corrected chi connectivity index (χ2v) is 3.07. The number of methoxy groups -OCH3 is 2. The minimum atomic E-state index is -2.05. The van der Waals surface area contributed by atoms with Crippen molar-refractivity contribution in [2.75, 3.05) is 20.8 Å². The summed E-state index contributed by atoms with van der Waals surface area (Å²) in [5.41, 5.74) is 0. The van der Waals surface area contributed by atoms with Crippen molar-refractivity contribution in [3.63, 3.8) is 0 Å². The first kappa shape index (κ1) is 18.4. The molecule has 1 aromatic carbocycles. The van der Waals surface area contributed by atoms with E-state index in [4.69, 9.17) is 29.1 Å². The van der Waals surface area contributed by atoms with E-state index in [1.807, 2.05) is 6.92 Å². The van der Waals surface area contributed by atoms with Crippen LogP contribution in [0.25, 0.3) is 0 Å². The molecule has 0 fully saturated rings. The van der Waals surface area contributed by atoms with Crippen LogP contribution in [0, 0.1) is 0 Å². The van der Waals surface area contributed by atoms with Crippen LogP contribution in [0.4, 0.5) is 0 Å². The summed E-state index contributed by atoms with van der Waals surface area (Å²) in [5.74, 6) is 1.16. The van der Waals surface area contributed by atoms with E-state index in [0.717, 1.165) is 0 Å². The predicted octanol–water partition coefficient (Wildman–Crippen LogP) is -2.50. The SMILES string of the molecule is CCOc1ccc(OOB(O)O)c(OC)c1OC.[H-].[Na+]. The number of hydrogen-bond acceptors (Lipinski definition) is 7. The standard InChI is InChI=1S/C10H15BO7.Na.H/c1-4-16-7-5-6-8(17-18-11(12)13)10(15-3)9(7)14-2;;/h5-6,12-13H,4H2,1-3H3;;/q;+1;-1. The average molecular weight is 282 g/mol. The maximum Gasteiger partial charge on any atom is 1.00 e. The van der Waals surface area contributed by atoms with Crippen molar-refractivity contribution in [1.29, 1.82) is 0 Å². The van der Waals surface area contributed by atoms with E-state index in [9.17, 15) is 0 Å². The Morgan fingerprint density at radius 1 is 1.11 bits per heavy atom. The summed E-state index contributed by atoms with van der Waals surface area (Å²) in [7, 11) is 0.814. The summed E-state index contributed by atoms with van der Waals surface area (Å²) < 4.78 is 15.6. The van der Waals surface area contributed by atoms with E-state index in [1.54, 1.807) is 6.07 Å². The average Bonchev–Trinajstić information content (AvgIpc) is 2.36. The number of ether oxygens (including phenoxy) is 3. The molecule has 0 heterocycles. The van der Waals surface area contributed by atoms with Gasteiger partial charge in [-0.05, 0) is 19.1 Å². The van der Waals surface area contributed by atoms with Crippen LogP contribution < -0.4 is 48.7 Å². The zero-order chi connectivity index (χ0) is 13.5. The second-order valence-electron chi connectivity index (χ2n) is 3.07. The molecular formula is C10H16BNaO7. The number of benzene rings is 1. The van der Waals surface area contributed by atoms with Gasteiger partial charge in [-0.25, -0.2) is 0 Å². The first-order valence-corrected chi connectivity index (χ1v) is 5.21. The Balaban J connectivity index is 0. The third-order valence-corrected chi connectivity index (χ3v) is 1.97. The molecule has 0 aliphatic rings. The van der Waals surface area contributed by atoms with Gasteiger partial charge in [0, 0.05) is 0 Å². The predicted molar refractivity (Wildman–Crippen MR) is 63.7 cm³/mol. The fourth-order valence-corrected chi connectivity index (χ4v) is 1.34. The van der Waals surface area contributed by atoms with Gasteiger partial charge >= 0.3 is 36.9 Å². The smallest absolute Gasteiger partial charge is 1.00 e. The summed E-state index contributed by atoms with van der Waals surface area (Å²) >= 11 is 0. The Morgan fingerprint density at radius 2 is 1.63 bits per heavy atom. The number of rotatable bonds is 7. The summed E-state index contributed by atoms with van der Waals surface area (Å²) in [6.45, 7) is 2.30. The molecule has 0 aliphatic carbocycles. The van der Waals surface area contributed by atoms with Crippen LogP contribution in [0.3, 0.4) is 0 Å². The van der Waals surface area contributed by atoms with Crippen molar-refractivity contribution in [2.45, 2.75) is 6.92 Å². The van der Waals surface area contributed by atoms with Gasteiger partial charge in [0.2, 0.25) is 17.2 Å². The molecule has 0 unspecified atom stereocenters. The first-order chi connectivity index (χ1) is 8.63. The molecule has 0 saturated carbocycles. The molecule has 1 rings (SSSR count). The quantitative estimate of drug-likeness (QED) is 0.325. The summed E-state index contributed by atoms with van der Waals surface area (Å²) in [6, 6.07) is 3.09. The summed E-state index contributed by atoms with van der Waals surface area (Å²) in [6.07, 6.45) is 0. The van der Waals surface area contributed by atoms with E-state index in [2.05, 4.69) is 4.81 Å². The maximum atomic E-state index is 8.55. The fourth-order valence-electron chi connectivity index (χ4n) is 1.34. The van der Waals surface area contributed by atoms with Crippen LogP contribution in [0.15, 0.2) is 12.1 Å². The van der Waals surface area contributed by atoms with Crippen molar-refractivity contribution in [2.24, 2.45) is 0 Å². The Kier molecular flexibility index (Phi) is 8.99. The molecule has 1 aromatic rings. The number of hydrogen-bond donors (Lipinski definition) is 2. The van der Waals surface area contributed by atoms with Crippen LogP contribution in [-0.4, -0.2) is 38.2 Å². The topological polar surface area (TPSA) is 86.6 Å². The molecule has 9 heteroatoms. The van der Waals surface area contributed by atoms with Crippen LogP contribution in [0.2, 0.25) is 0 Å². The molecular weight excluding hydrogens is 266 g/mol. The molecule has 0 saturated heterocycles. The molecule has 0 amide bonds. The van der Waals surface area contributed by atoms with E-state index < -0.39 is 7.32 Å². The molecule has 0 atom stereocenters. The largest absolute Gasteiger partial charge is 1.00 e. The molecule has 2 N–H and O–H groups in total. The van der Waals surface area contributed by atoms with Crippen LogP contribution in [0.1, 0.15) is 8.35 Å². The van der Waals surface area contributed by atoms with E-state index >= 15 is 0 Å². The third-order valence-electron chi connectivity index (χ3n) is 1.97. The maximum absolute atomic E-state index is 8.55. The molecule has 0 aromatic heterocycles. The van der Waals surface area contributed by atoms with E-state index in [-0.39, 0.29) is 42.5 Å². The van der Waals surface area contributed by atoms with Gasteiger partial charge in [0.25, 0.3) is 0 Å². The first-order valence-electron chi connectivity index (χ1n) is 5.21. The molecule has 7 nitrogen and oxygen atoms in total. The van der Waals surface area contributed by atoms with Gasteiger partial charge in [0.15, 0.2) is 5.75 Å². The van der Waals surface area contributed by atoms with Crippen molar-refractivity contribution >= 4 is 7.32 Å². The monoisotopic (exact) mass is 282 g/mol. The van der Waals surface area contributed by atoms with E-state index in [1.165, 1.54) is 20.3 Å². The molecule has 0 radical (unpaired) electrons. The van der Waals surface area contributed by atoms with Gasteiger partial charge in [-0.15, -0.1) is 0 Å². The Hall–Kier alpha value is -0.635. The second kappa shape index (κ2) is 9.30. The van der Waals surface area contributed by atoms with Gasteiger partial charge in [-0.3, -0.25) is 0 Å². The summed E-state index contributed by atoms with van der Waals surface area (Å²) in [5, 5.41) is 17.1. The molecule has 0 spiro atoms. The normalized spacial score (nSPS) is 9.32. The third kappa shape index (κ3) is 5.10. The molecule has 0 bridgehead atoms. The fraction of sp³-hybridized carbons (Fsp3) is 0.400. The van der Waals surface area contributed by atoms with Gasteiger partial charge in [-0.2, -0.15) is 4.81 Å². The van der Waals surface area contributed by atoms with Crippen molar-refractivity contribution < 1.29 is 64.9 Å². The van der Waals surface area contributed by atoms with Crippen molar-refractivity contribution in [1.82, 2.24) is 0 Å². The van der Waals surface area contributed by atoms with Crippen LogP contribution in [-0.2, 0) is 4.81 Å². The Morgan fingerprint density at radius 3 is 2.11 bits per heavy atom. The van der Waals surface area contributed by atoms with Gasteiger partial charge in [-0.1, -0.05) is 0 Å².